The molecule has 122 valence electrons. The average Bonchev–Trinajstić information content (AvgIpc) is 3.17. The van der Waals surface area contributed by atoms with Crippen LogP contribution in [0.3, 0.4) is 0 Å². The standard InChI is InChI=1S/C19H19N3O2/c1-12-7-8-14-15(9-12)21-19(20-14)13-10-18(23)22(11-13)16-5-3-4-6-17(16)24-2/h3-9,13H,10-11H2,1-2H3,(H,20,21). The maximum atomic E-state index is 12.5. The quantitative estimate of drug-likeness (QED) is 0.804. The van der Waals surface area contributed by atoms with Crippen molar-refractivity contribution in [2.45, 2.75) is 19.3 Å². The third-order valence-electron chi connectivity index (χ3n) is 4.54. The van der Waals surface area contributed by atoms with Gasteiger partial charge in [0.15, 0.2) is 0 Å². The Morgan fingerprint density at radius 2 is 2.08 bits per heavy atom. The van der Waals surface area contributed by atoms with Crippen LogP contribution >= 0.6 is 0 Å². The molecular formula is C19H19N3O2. The number of carbonyl (C=O) groups is 1. The summed E-state index contributed by atoms with van der Waals surface area (Å²) < 4.78 is 5.39. The lowest BCUT2D eigenvalue weighted by molar-refractivity contribution is -0.117. The molecule has 0 spiro atoms. The third kappa shape index (κ3) is 2.42. The molecule has 2 heterocycles. The number of methoxy groups -OCH3 is 1. The Balaban J connectivity index is 1.65. The molecule has 1 aliphatic rings. The number of ether oxygens (including phenoxy) is 1. The van der Waals surface area contributed by atoms with Crippen molar-refractivity contribution >= 4 is 22.6 Å². The number of aromatic nitrogens is 2. The molecule has 0 saturated carbocycles. The lowest BCUT2D eigenvalue weighted by Crippen LogP contribution is -2.24. The number of nitrogens with one attached hydrogen (secondary N) is 1. The van der Waals surface area contributed by atoms with Gasteiger partial charge in [0.05, 0.1) is 23.8 Å². The van der Waals surface area contributed by atoms with E-state index in [1.165, 1.54) is 5.56 Å². The van der Waals surface area contributed by atoms with E-state index in [0.29, 0.717) is 18.7 Å². The van der Waals surface area contributed by atoms with Crippen LogP contribution in [0.5, 0.6) is 5.75 Å². The van der Waals surface area contributed by atoms with Crippen molar-refractivity contribution in [1.29, 1.82) is 0 Å². The van der Waals surface area contributed by atoms with E-state index in [9.17, 15) is 4.79 Å². The number of benzene rings is 2. The molecule has 0 radical (unpaired) electrons. The molecule has 24 heavy (non-hydrogen) atoms. The summed E-state index contributed by atoms with van der Waals surface area (Å²) in [4.78, 5) is 22.4. The smallest absolute Gasteiger partial charge is 0.227 e. The second kappa shape index (κ2) is 5.67. The zero-order chi connectivity index (χ0) is 16.7. The molecule has 0 bridgehead atoms. The monoisotopic (exact) mass is 321 g/mol. The zero-order valence-electron chi connectivity index (χ0n) is 13.7. The van der Waals surface area contributed by atoms with Gasteiger partial charge in [-0.15, -0.1) is 0 Å². The minimum absolute atomic E-state index is 0.0649. The summed E-state index contributed by atoms with van der Waals surface area (Å²) in [5, 5.41) is 0. The Labute approximate surface area is 140 Å². The number of anilines is 1. The molecular weight excluding hydrogens is 302 g/mol. The number of aryl methyl sites for hydroxylation is 1. The molecule has 1 amide bonds. The Morgan fingerprint density at radius 3 is 2.92 bits per heavy atom. The van der Waals surface area contributed by atoms with Gasteiger partial charge in [-0.1, -0.05) is 18.2 Å². The molecule has 1 fully saturated rings. The first-order valence-electron chi connectivity index (χ1n) is 8.05. The summed E-state index contributed by atoms with van der Waals surface area (Å²) in [5.41, 5.74) is 3.97. The van der Waals surface area contributed by atoms with Crippen molar-refractivity contribution in [1.82, 2.24) is 9.97 Å². The SMILES string of the molecule is COc1ccccc1N1CC(c2nc3ccc(C)cc3[nH]2)CC1=O. The summed E-state index contributed by atoms with van der Waals surface area (Å²) in [6, 6.07) is 13.8. The minimum atomic E-state index is 0.0649. The minimum Gasteiger partial charge on any atom is -0.495 e. The summed E-state index contributed by atoms with van der Waals surface area (Å²) in [6.45, 7) is 2.67. The highest BCUT2D eigenvalue weighted by Crippen LogP contribution is 2.36. The van der Waals surface area contributed by atoms with Crippen LogP contribution in [0.2, 0.25) is 0 Å². The molecule has 1 atom stereocenters. The van der Waals surface area contributed by atoms with Gasteiger partial charge in [-0.3, -0.25) is 4.79 Å². The predicted molar refractivity (Wildman–Crippen MR) is 93.5 cm³/mol. The molecule has 1 unspecified atom stereocenters. The number of nitrogens with zero attached hydrogens (tertiary/aromatic N) is 2. The summed E-state index contributed by atoms with van der Waals surface area (Å²) in [6.07, 6.45) is 0.455. The van der Waals surface area contributed by atoms with Gasteiger partial charge < -0.3 is 14.6 Å². The fourth-order valence-corrected chi connectivity index (χ4v) is 3.31. The highest BCUT2D eigenvalue weighted by atomic mass is 16.5. The maximum absolute atomic E-state index is 12.5. The number of fused-ring (bicyclic) bond motifs is 1. The van der Waals surface area contributed by atoms with Crippen molar-refractivity contribution in [3.63, 3.8) is 0 Å². The van der Waals surface area contributed by atoms with Gasteiger partial charge in [0.1, 0.15) is 11.6 Å². The number of rotatable bonds is 3. The molecule has 5 heteroatoms. The number of para-hydroxylation sites is 2. The first-order valence-corrected chi connectivity index (χ1v) is 8.05. The van der Waals surface area contributed by atoms with E-state index in [1.807, 2.05) is 36.4 Å². The summed E-state index contributed by atoms with van der Waals surface area (Å²) in [7, 11) is 1.62. The van der Waals surface area contributed by atoms with Crippen LogP contribution in [-0.2, 0) is 4.79 Å². The molecule has 5 nitrogen and oxygen atoms in total. The predicted octanol–water partition coefficient (Wildman–Crippen LogP) is 3.40. The van der Waals surface area contributed by atoms with Crippen LogP contribution in [0.4, 0.5) is 5.69 Å². The van der Waals surface area contributed by atoms with Crippen molar-refractivity contribution in [3.8, 4) is 5.75 Å². The van der Waals surface area contributed by atoms with Crippen molar-refractivity contribution in [2.24, 2.45) is 0 Å². The lowest BCUT2D eigenvalue weighted by atomic mass is 10.1. The van der Waals surface area contributed by atoms with E-state index >= 15 is 0 Å². The largest absolute Gasteiger partial charge is 0.495 e. The third-order valence-corrected chi connectivity index (χ3v) is 4.54. The molecule has 1 N–H and O–H groups in total. The fourth-order valence-electron chi connectivity index (χ4n) is 3.31. The van der Waals surface area contributed by atoms with Crippen LogP contribution < -0.4 is 9.64 Å². The van der Waals surface area contributed by atoms with Gasteiger partial charge in [0.25, 0.3) is 0 Å². The molecule has 4 rings (SSSR count). The van der Waals surface area contributed by atoms with E-state index in [1.54, 1.807) is 12.0 Å². The van der Waals surface area contributed by atoms with Crippen LogP contribution in [-0.4, -0.2) is 29.5 Å². The van der Waals surface area contributed by atoms with Crippen LogP contribution in [0, 0.1) is 6.92 Å². The maximum Gasteiger partial charge on any atom is 0.227 e. The van der Waals surface area contributed by atoms with Gasteiger partial charge in [-0.05, 0) is 36.8 Å². The average molecular weight is 321 g/mol. The Bertz CT molecular complexity index is 916. The molecule has 1 saturated heterocycles. The second-order valence-corrected chi connectivity index (χ2v) is 6.22. The van der Waals surface area contributed by atoms with Crippen molar-refractivity contribution in [2.75, 3.05) is 18.6 Å². The van der Waals surface area contributed by atoms with E-state index in [2.05, 4.69) is 23.0 Å². The first-order chi connectivity index (χ1) is 11.7. The van der Waals surface area contributed by atoms with E-state index < -0.39 is 0 Å². The van der Waals surface area contributed by atoms with Crippen molar-refractivity contribution < 1.29 is 9.53 Å². The lowest BCUT2D eigenvalue weighted by Gasteiger charge is -2.19. The number of H-pyrrole nitrogens is 1. The highest BCUT2D eigenvalue weighted by Gasteiger charge is 2.34. The molecule has 3 aromatic rings. The summed E-state index contributed by atoms with van der Waals surface area (Å²) in [5.74, 6) is 1.75. The zero-order valence-corrected chi connectivity index (χ0v) is 13.7. The van der Waals surface area contributed by atoms with Crippen LogP contribution in [0.25, 0.3) is 11.0 Å². The first kappa shape index (κ1) is 14.8. The van der Waals surface area contributed by atoms with E-state index in [4.69, 9.17) is 4.74 Å². The van der Waals surface area contributed by atoms with Crippen molar-refractivity contribution in [3.05, 3.63) is 53.9 Å². The summed E-state index contributed by atoms with van der Waals surface area (Å²) >= 11 is 0. The number of aromatic amines is 1. The molecule has 2 aromatic carbocycles. The van der Waals surface area contributed by atoms with Crippen LogP contribution in [0.15, 0.2) is 42.5 Å². The van der Waals surface area contributed by atoms with Gasteiger partial charge in [-0.2, -0.15) is 0 Å². The highest BCUT2D eigenvalue weighted by molar-refractivity contribution is 5.97. The second-order valence-electron chi connectivity index (χ2n) is 6.22. The van der Waals surface area contributed by atoms with E-state index in [-0.39, 0.29) is 11.8 Å². The Hall–Kier alpha value is -2.82. The molecule has 1 aliphatic heterocycles. The molecule has 0 aliphatic carbocycles. The Kier molecular flexibility index (Phi) is 3.49. The fraction of sp³-hybridized carbons (Fsp3) is 0.263. The molecule has 1 aromatic heterocycles. The number of hydrogen-bond donors (Lipinski definition) is 1. The van der Waals surface area contributed by atoms with Gasteiger partial charge in [0, 0.05) is 18.9 Å². The number of imidazole rings is 1. The topological polar surface area (TPSA) is 58.2 Å². The Morgan fingerprint density at radius 1 is 1.25 bits per heavy atom. The van der Waals surface area contributed by atoms with Crippen LogP contribution in [0.1, 0.15) is 23.7 Å². The number of amides is 1. The van der Waals surface area contributed by atoms with Gasteiger partial charge >= 0.3 is 0 Å². The normalized spacial score (nSPS) is 17.7. The van der Waals surface area contributed by atoms with Gasteiger partial charge in [0.2, 0.25) is 5.91 Å². The number of hydrogen-bond acceptors (Lipinski definition) is 3. The number of carbonyl (C=O) groups excluding carboxylic acids is 1. The van der Waals surface area contributed by atoms with Gasteiger partial charge in [-0.25, -0.2) is 4.98 Å². The van der Waals surface area contributed by atoms with E-state index in [0.717, 1.165) is 22.5 Å².